The van der Waals surface area contributed by atoms with E-state index >= 15 is 0 Å². The van der Waals surface area contributed by atoms with Crippen molar-refractivity contribution in [3.63, 3.8) is 0 Å². The fourth-order valence-corrected chi connectivity index (χ4v) is 3.80. The van der Waals surface area contributed by atoms with Crippen molar-refractivity contribution in [1.29, 1.82) is 0 Å². The van der Waals surface area contributed by atoms with Crippen molar-refractivity contribution in [2.24, 2.45) is 0 Å². The van der Waals surface area contributed by atoms with E-state index in [1.807, 2.05) is 0 Å². The lowest BCUT2D eigenvalue weighted by molar-refractivity contribution is 0.0303. The Morgan fingerprint density at radius 3 is 2.52 bits per heavy atom. The van der Waals surface area contributed by atoms with E-state index in [2.05, 4.69) is 15.4 Å². The maximum atomic E-state index is 12.6. The van der Waals surface area contributed by atoms with Crippen molar-refractivity contribution in [2.75, 3.05) is 26.3 Å². The molecular formula is C22H20N6O5. The Morgan fingerprint density at radius 1 is 1.06 bits per heavy atom. The molecule has 0 bridgehead atoms. The zero-order chi connectivity index (χ0) is 22.9. The molecular weight excluding hydrogens is 428 g/mol. The van der Waals surface area contributed by atoms with Gasteiger partial charge in [0.25, 0.3) is 5.91 Å². The number of carbonyl (C=O) groups excluding carboxylic acids is 1. The molecule has 1 saturated heterocycles. The quantitative estimate of drug-likeness (QED) is 0.482. The van der Waals surface area contributed by atoms with Crippen LogP contribution in [0.2, 0.25) is 0 Å². The zero-order valence-corrected chi connectivity index (χ0v) is 17.5. The van der Waals surface area contributed by atoms with Gasteiger partial charge in [0.15, 0.2) is 0 Å². The molecule has 1 aliphatic rings. The third-order valence-corrected chi connectivity index (χ3v) is 5.52. The lowest BCUT2D eigenvalue weighted by atomic mass is 10.1. The van der Waals surface area contributed by atoms with E-state index in [-0.39, 0.29) is 12.5 Å². The van der Waals surface area contributed by atoms with Gasteiger partial charge in [0.2, 0.25) is 0 Å². The molecule has 0 radical (unpaired) electrons. The SMILES string of the molecule is O=C(c1ccc(-n2cc(-c3nn(C(=O)O)c4ccc(CO)cc34)nn2)cc1)N1CCOCC1. The minimum atomic E-state index is -1.23. The van der Waals surface area contributed by atoms with Crippen molar-refractivity contribution in [3.05, 3.63) is 59.8 Å². The highest BCUT2D eigenvalue weighted by atomic mass is 16.5. The summed E-state index contributed by atoms with van der Waals surface area (Å²) in [4.78, 5) is 26.0. The predicted molar refractivity (Wildman–Crippen MR) is 116 cm³/mol. The number of carboxylic acid groups (broad SMARTS) is 1. The van der Waals surface area contributed by atoms with Gasteiger partial charge in [-0.25, -0.2) is 9.48 Å². The Morgan fingerprint density at radius 2 is 1.82 bits per heavy atom. The number of carbonyl (C=O) groups is 2. The van der Waals surface area contributed by atoms with E-state index in [9.17, 15) is 19.8 Å². The molecule has 168 valence electrons. The summed E-state index contributed by atoms with van der Waals surface area (Å²) in [7, 11) is 0. The minimum absolute atomic E-state index is 0.0468. The number of ether oxygens (including phenoxy) is 1. The molecule has 1 fully saturated rings. The molecule has 1 aliphatic heterocycles. The molecule has 2 N–H and O–H groups in total. The lowest BCUT2D eigenvalue weighted by Crippen LogP contribution is -2.40. The highest BCUT2D eigenvalue weighted by molar-refractivity contribution is 5.97. The van der Waals surface area contributed by atoms with Crippen LogP contribution in [0, 0.1) is 0 Å². The molecule has 11 heteroatoms. The van der Waals surface area contributed by atoms with Crippen LogP contribution in [0.15, 0.2) is 48.7 Å². The van der Waals surface area contributed by atoms with Crippen LogP contribution in [0.1, 0.15) is 15.9 Å². The standard InChI is InChI=1S/C22H20N6O5/c29-13-14-1-6-19-17(11-14)20(24-28(19)22(31)32)18-12-27(25-23-18)16-4-2-15(3-5-16)21(30)26-7-9-33-10-8-26/h1-6,11-12,29H,7-10,13H2,(H,31,32). The minimum Gasteiger partial charge on any atom is -0.463 e. The summed E-state index contributed by atoms with van der Waals surface area (Å²) in [6, 6.07) is 11.9. The van der Waals surface area contributed by atoms with Gasteiger partial charge in [0.05, 0.1) is 37.2 Å². The van der Waals surface area contributed by atoms with Crippen molar-refractivity contribution in [1.82, 2.24) is 29.7 Å². The summed E-state index contributed by atoms with van der Waals surface area (Å²) >= 11 is 0. The number of amides is 1. The molecule has 0 atom stereocenters. The van der Waals surface area contributed by atoms with Gasteiger partial charge in [-0.2, -0.15) is 9.78 Å². The average molecular weight is 448 g/mol. The lowest BCUT2D eigenvalue weighted by Gasteiger charge is -2.26. The summed E-state index contributed by atoms with van der Waals surface area (Å²) < 4.78 is 7.69. The van der Waals surface area contributed by atoms with Gasteiger partial charge in [-0.1, -0.05) is 11.3 Å². The second kappa shape index (κ2) is 8.45. The first-order valence-electron chi connectivity index (χ1n) is 10.3. The Bertz CT molecular complexity index is 1340. The molecule has 3 heterocycles. The Labute approximate surface area is 187 Å². The van der Waals surface area contributed by atoms with E-state index in [1.165, 1.54) is 4.68 Å². The van der Waals surface area contributed by atoms with Crippen LogP contribution in [0.5, 0.6) is 0 Å². The number of morpholine rings is 1. The number of nitrogens with zero attached hydrogens (tertiary/aromatic N) is 6. The normalized spacial score (nSPS) is 14.0. The Balaban J connectivity index is 1.45. The molecule has 0 aliphatic carbocycles. The van der Waals surface area contributed by atoms with Gasteiger partial charge in [0.1, 0.15) is 11.4 Å². The van der Waals surface area contributed by atoms with Crippen molar-refractivity contribution in [2.45, 2.75) is 6.61 Å². The zero-order valence-electron chi connectivity index (χ0n) is 17.5. The number of benzene rings is 2. The van der Waals surface area contributed by atoms with Crippen LogP contribution < -0.4 is 0 Å². The van der Waals surface area contributed by atoms with E-state index < -0.39 is 6.09 Å². The van der Waals surface area contributed by atoms with Gasteiger partial charge >= 0.3 is 6.09 Å². The largest absolute Gasteiger partial charge is 0.463 e. The van der Waals surface area contributed by atoms with Gasteiger partial charge in [-0.3, -0.25) is 4.79 Å². The van der Waals surface area contributed by atoms with Crippen molar-refractivity contribution in [3.8, 4) is 17.1 Å². The second-order valence-electron chi connectivity index (χ2n) is 7.55. The predicted octanol–water partition coefficient (Wildman–Crippen LogP) is 1.77. The molecule has 1 amide bonds. The van der Waals surface area contributed by atoms with Crippen LogP contribution in [0.4, 0.5) is 4.79 Å². The number of aliphatic hydroxyl groups is 1. The number of hydrogen-bond acceptors (Lipinski definition) is 7. The number of fused-ring (bicyclic) bond motifs is 1. The van der Waals surface area contributed by atoms with Gasteiger partial charge in [0, 0.05) is 24.0 Å². The molecule has 5 rings (SSSR count). The number of hydrogen-bond donors (Lipinski definition) is 2. The first-order chi connectivity index (χ1) is 16.0. The van der Waals surface area contributed by atoms with Crippen LogP contribution >= 0.6 is 0 Å². The first-order valence-corrected chi connectivity index (χ1v) is 10.3. The van der Waals surface area contributed by atoms with Crippen molar-refractivity contribution < 1.29 is 24.5 Å². The molecule has 0 spiro atoms. The number of aromatic nitrogens is 5. The highest BCUT2D eigenvalue weighted by Gasteiger charge is 2.20. The van der Waals surface area contributed by atoms with Crippen LogP contribution in [-0.4, -0.2) is 78.2 Å². The first kappa shape index (κ1) is 20.8. The topological polar surface area (TPSA) is 136 Å². The molecule has 0 saturated carbocycles. The van der Waals surface area contributed by atoms with E-state index in [4.69, 9.17) is 4.74 Å². The molecule has 4 aromatic rings. The molecule has 11 nitrogen and oxygen atoms in total. The number of aliphatic hydroxyl groups excluding tert-OH is 1. The van der Waals surface area contributed by atoms with Crippen molar-refractivity contribution >= 4 is 22.9 Å². The summed E-state index contributed by atoms with van der Waals surface area (Å²) in [5.41, 5.74) is 2.99. The van der Waals surface area contributed by atoms with Crippen LogP contribution in [0.3, 0.4) is 0 Å². The van der Waals surface area contributed by atoms with Gasteiger partial charge in [-0.05, 0) is 42.0 Å². The molecule has 0 unspecified atom stereocenters. The molecule has 2 aromatic carbocycles. The van der Waals surface area contributed by atoms with E-state index in [0.717, 1.165) is 4.68 Å². The van der Waals surface area contributed by atoms with Crippen LogP contribution in [-0.2, 0) is 11.3 Å². The molecule has 2 aromatic heterocycles. The third kappa shape index (κ3) is 3.83. The van der Waals surface area contributed by atoms with E-state index in [0.29, 0.717) is 65.4 Å². The van der Waals surface area contributed by atoms with Crippen LogP contribution in [0.25, 0.3) is 28.0 Å². The van der Waals surface area contributed by atoms with Gasteiger partial charge in [-0.15, -0.1) is 5.10 Å². The Hall–Kier alpha value is -4.09. The molecule has 33 heavy (non-hydrogen) atoms. The van der Waals surface area contributed by atoms with E-state index in [1.54, 1.807) is 53.6 Å². The summed E-state index contributed by atoms with van der Waals surface area (Å²) in [5.74, 6) is -0.0468. The Kier molecular flexibility index (Phi) is 5.32. The maximum Gasteiger partial charge on any atom is 0.432 e. The summed E-state index contributed by atoms with van der Waals surface area (Å²) in [5, 5.41) is 32.0. The second-order valence-corrected chi connectivity index (χ2v) is 7.55. The monoisotopic (exact) mass is 448 g/mol. The smallest absolute Gasteiger partial charge is 0.432 e. The summed E-state index contributed by atoms with van der Waals surface area (Å²) in [6.45, 7) is 2.04. The highest BCUT2D eigenvalue weighted by Crippen LogP contribution is 2.28. The fraction of sp³-hybridized carbons (Fsp3) is 0.227. The number of rotatable bonds is 4. The average Bonchev–Trinajstić information content (AvgIpc) is 3.49. The maximum absolute atomic E-state index is 12.6. The van der Waals surface area contributed by atoms with Gasteiger partial charge < -0.3 is 19.8 Å². The third-order valence-electron chi connectivity index (χ3n) is 5.52. The summed E-state index contributed by atoms with van der Waals surface area (Å²) in [6.07, 6.45) is 0.411. The fourth-order valence-electron chi connectivity index (χ4n) is 3.80.